The van der Waals surface area contributed by atoms with Gasteiger partial charge in [0, 0.05) is 36.8 Å². The van der Waals surface area contributed by atoms with Crippen LogP contribution in [0.25, 0.3) is 17.4 Å². The second-order valence-corrected chi connectivity index (χ2v) is 8.10. The number of likely N-dealkylation sites (N-methyl/N-ethyl adjacent to an activating group) is 1. The van der Waals surface area contributed by atoms with E-state index in [4.69, 9.17) is 4.42 Å². The highest BCUT2D eigenvalue weighted by Crippen LogP contribution is 2.28. The van der Waals surface area contributed by atoms with Gasteiger partial charge in [-0.2, -0.15) is 0 Å². The highest BCUT2D eigenvalue weighted by Gasteiger charge is 2.25. The van der Waals surface area contributed by atoms with Crippen LogP contribution in [0.5, 0.6) is 0 Å². The van der Waals surface area contributed by atoms with E-state index in [9.17, 15) is 14.4 Å². The molecule has 1 N–H and O–H groups in total. The van der Waals surface area contributed by atoms with E-state index in [0.29, 0.717) is 22.0 Å². The lowest BCUT2D eigenvalue weighted by Gasteiger charge is -2.20. The van der Waals surface area contributed by atoms with Crippen molar-refractivity contribution < 1.29 is 18.8 Å². The van der Waals surface area contributed by atoms with Crippen molar-refractivity contribution in [3.05, 3.63) is 52.6 Å². The SMILES string of the molecule is CN1CCCN(C(=O)c2ccc(-c3ccc(/C=C4\SC(=O)NC4=O)o3)cc2)CC1. The second-order valence-electron chi connectivity index (χ2n) is 7.08. The Balaban J connectivity index is 1.46. The maximum atomic E-state index is 12.8. The molecule has 0 atom stereocenters. The summed E-state index contributed by atoms with van der Waals surface area (Å²) in [6.07, 6.45) is 2.52. The molecule has 2 fully saturated rings. The molecule has 2 aliphatic heterocycles. The summed E-state index contributed by atoms with van der Waals surface area (Å²) in [5.41, 5.74) is 1.49. The van der Waals surface area contributed by atoms with Gasteiger partial charge >= 0.3 is 0 Å². The lowest BCUT2D eigenvalue weighted by molar-refractivity contribution is -0.115. The monoisotopic (exact) mass is 411 g/mol. The number of rotatable bonds is 3. The number of hydrogen-bond acceptors (Lipinski definition) is 6. The Kier molecular flexibility index (Phi) is 5.55. The van der Waals surface area contributed by atoms with E-state index in [2.05, 4.69) is 17.3 Å². The third kappa shape index (κ3) is 4.44. The number of thioether (sulfide) groups is 1. The molecular weight excluding hydrogens is 390 g/mol. The van der Waals surface area contributed by atoms with Crippen molar-refractivity contribution in [2.45, 2.75) is 6.42 Å². The van der Waals surface area contributed by atoms with Crippen molar-refractivity contribution in [2.75, 3.05) is 33.2 Å². The summed E-state index contributed by atoms with van der Waals surface area (Å²) in [6.45, 7) is 3.40. The highest BCUT2D eigenvalue weighted by atomic mass is 32.2. The number of furan rings is 1. The Labute approximate surface area is 172 Å². The van der Waals surface area contributed by atoms with Gasteiger partial charge in [-0.1, -0.05) is 12.1 Å². The fraction of sp³-hybridized carbons (Fsp3) is 0.286. The van der Waals surface area contributed by atoms with Crippen LogP contribution in [-0.4, -0.2) is 60.1 Å². The molecule has 2 saturated heterocycles. The Hall–Kier alpha value is -2.84. The third-order valence-electron chi connectivity index (χ3n) is 4.97. The fourth-order valence-corrected chi connectivity index (χ4v) is 4.01. The van der Waals surface area contributed by atoms with Crippen LogP contribution in [0.2, 0.25) is 0 Å². The number of amides is 3. The third-order valence-corrected chi connectivity index (χ3v) is 5.78. The second kappa shape index (κ2) is 8.26. The van der Waals surface area contributed by atoms with Crippen LogP contribution in [-0.2, 0) is 4.79 Å². The zero-order valence-electron chi connectivity index (χ0n) is 16.0. The molecule has 8 heteroatoms. The largest absolute Gasteiger partial charge is 0.457 e. The van der Waals surface area contributed by atoms with E-state index < -0.39 is 5.91 Å². The van der Waals surface area contributed by atoms with Crippen molar-refractivity contribution in [1.82, 2.24) is 15.1 Å². The Morgan fingerprint density at radius 3 is 2.59 bits per heavy atom. The van der Waals surface area contributed by atoms with E-state index in [1.807, 2.05) is 29.2 Å². The normalized spacial score (nSPS) is 19.5. The van der Waals surface area contributed by atoms with Gasteiger partial charge in [-0.25, -0.2) is 0 Å². The number of hydrogen-bond donors (Lipinski definition) is 1. The molecule has 3 heterocycles. The van der Waals surface area contributed by atoms with Gasteiger partial charge in [-0.05, 0) is 56.0 Å². The average Bonchev–Trinajstić information content (AvgIpc) is 3.23. The highest BCUT2D eigenvalue weighted by molar-refractivity contribution is 8.18. The van der Waals surface area contributed by atoms with Crippen LogP contribution in [0.15, 0.2) is 45.7 Å². The van der Waals surface area contributed by atoms with Crippen LogP contribution in [0.4, 0.5) is 4.79 Å². The molecule has 0 radical (unpaired) electrons. The van der Waals surface area contributed by atoms with Gasteiger partial charge in [-0.3, -0.25) is 19.7 Å². The first-order chi connectivity index (χ1) is 14.0. The first-order valence-electron chi connectivity index (χ1n) is 9.42. The van der Waals surface area contributed by atoms with E-state index in [-0.39, 0.29) is 11.1 Å². The van der Waals surface area contributed by atoms with E-state index in [0.717, 1.165) is 49.9 Å². The summed E-state index contributed by atoms with van der Waals surface area (Å²) in [5, 5.41) is 1.83. The minimum absolute atomic E-state index is 0.0469. The van der Waals surface area contributed by atoms with Gasteiger partial charge in [0.1, 0.15) is 11.5 Å². The van der Waals surface area contributed by atoms with E-state index >= 15 is 0 Å². The molecule has 150 valence electrons. The molecule has 3 amide bonds. The summed E-state index contributed by atoms with van der Waals surface area (Å²) in [6, 6.07) is 10.9. The topological polar surface area (TPSA) is 82.9 Å². The summed E-state index contributed by atoms with van der Waals surface area (Å²) in [5.74, 6) is 0.745. The molecule has 1 aromatic carbocycles. The molecule has 2 aliphatic rings. The summed E-state index contributed by atoms with van der Waals surface area (Å²) < 4.78 is 5.78. The zero-order chi connectivity index (χ0) is 20.4. The summed E-state index contributed by atoms with van der Waals surface area (Å²) in [4.78, 5) is 40.1. The molecule has 2 aromatic rings. The molecule has 0 spiro atoms. The quantitative estimate of drug-likeness (QED) is 0.782. The molecule has 0 unspecified atom stereocenters. The molecular formula is C21H21N3O4S. The minimum Gasteiger partial charge on any atom is -0.457 e. The van der Waals surface area contributed by atoms with Crippen LogP contribution < -0.4 is 5.32 Å². The smallest absolute Gasteiger partial charge is 0.290 e. The number of nitrogens with zero attached hydrogens (tertiary/aromatic N) is 2. The lowest BCUT2D eigenvalue weighted by atomic mass is 10.1. The minimum atomic E-state index is -0.416. The summed E-state index contributed by atoms with van der Waals surface area (Å²) in [7, 11) is 2.08. The van der Waals surface area contributed by atoms with Gasteiger partial charge in [0.2, 0.25) is 0 Å². The van der Waals surface area contributed by atoms with E-state index in [1.54, 1.807) is 18.2 Å². The fourth-order valence-electron chi connectivity index (χ4n) is 3.35. The van der Waals surface area contributed by atoms with E-state index in [1.165, 1.54) is 0 Å². The standard InChI is InChI=1S/C21H21N3O4S/c1-23-9-2-10-24(12-11-23)20(26)15-5-3-14(4-6-15)17-8-7-16(28-17)13-18-19(25)22-21(27)29-18/h3-8,13H,2,9-12H2,1H3,(H,22,25,27)/b18-13-. The number of benzene rings is 1. The van der Waals surface area contributed by atoms with Crippen LogP contribution in [0.1, 0.15) is 22.5 Å². The maximum absolute atomic E-state index is 12.8. The van der Waals surface area contributed by atoms with Crippen molar-refractivity contribution in [2.24, 2.45) is 0 Å². The van der Waals surface area contributed by atoms with Crippen molar-refractivity contribution >= 4 is 34.9 Å². The van der Waals surface area contributed by atoms with Gasteiger partial charge in [0.15, 0.2) is 0 Å². The molecule has 0 aliphatic carbocycles. The number of carbonyl (C=O) groups is 3. The van der Waals surface area contributed by atoms with Crippen LogP contribution in [0.3, 0.4) is 0 Å². The Morgan fingerprint density at radius 1 is 1.07 bits per heavy atom. The van der Waals surface area contributed by atoms with Gasteiger partial charge < -0.3 is 14.2 Å². The first-order valence-corrected chi connectivity index (χ1v) is 10.2. The molecule has 0 bridgehead atoms. The molecule has 1 aromatic heterocycles. The maximum Gasteiger partial charge on any atom is 0.290 e. The number of imide groups is 1. The Morgan fingerprint density at radius 2 is 1.86 bits per heavy atom. The predicted octanol–water partition coefficient (Wildman–Crippen LogP) is 3.05. The number of carbonyl (C=O) groups excluding carboxylic acids is 3. The molecule has 4 rings (SSSR count). The molecule has 7 nitrogen and oxygen atoms in total. The van der Waals surface area contributed by atoms with Gasteiger partial charge in [0.05, 0.1) is 4.91 Å². The van der Waals surface area contributed by atoms with Crippen molar-refractivity contribution in [3.8, 4) is 11.3 Å². The van der Waals surface area contributed by atoms with Gasteiger partial charge in [-0.15, -0.1) is 0 Å². The number of nitrogens with one attached hydrogen (secondary N) is 1. The summed E-state index contributed by atoms with van der Waals surface area (Å²) >= 11 is 0.850. The lowest BCUT2D eigenvalue weighted by Crippen LogP contribution is -2.34. The van der Waals surface area contributed by atoms with Crippen LogP contribution >= 0.6 is 11.8 Å². The average molecular weight is 411 g/mol. The predicted molar refractivity (Wildman–Crippen MR) is 111 cm³/mol. The first kappa shape index (κ1) is 19.5. The zero-order valence-corrected chi connectivity index (χ0v) is 16.8. The van der Waals surface area contributed by atoms with Crippen LogP contribution in [0, 0.1) is 0 Å². The van der Waals surface area contributed by atoms with Crippen molar-refractivity contribution in [3.63, 3.8) is 0 Å². The Bertz CT molecular complexity index is 980. The van der Waals surface area contributed by atoms with Crippen molar-refractivity contribution in [1.29, 1.82) is 0 Å². The molecule has 29 heavy (non-hydrogen) atoms. The van der Waals surface area contributed by atoms with Gasteiger partial charge in [0.25, 0.3) is 17.1 Å². The molecule has 0 saturated carbocycles.